The average Bonchev–Trinajstić information content (AvgIpc) is 2.83. The van der Waals surface area contributed by atoms with E-state index in [0.717, 1.165) is 12.0 Å². The van der Waals surface area contributed by atoms with E-state index in [-0.39, 0.29) is 23.8 Å². The molecular formula is C25H31N3O3. The fourth-order valence-electron chi connectivity index (χ4n) is 4.54. The van der Waals surface area contributed by atoms with Crippen LogP contribution in [-0.2, 0) is 16.1 Å². The summed E-state index contributed by atoms with van der Waals surface area (Å²) in [6.07, 6.45) is 0.766. The van der Waals surface area contributed by atoms with E-state index >= 15 is 0 Å². The number of urea groups is 1. The standard InChI is InChI=1S/C25H31N3O3/c1-19-6-5-9-21(14-19)22-15-23(24(29)27-10-12-31-13-11-27)18-28(17-22)25(30)26-16-20-7-3-2-4-8-20/h2-9,14,22-23H,10-13,15-18H2,1H3,(H,26,30). The van der Waals surface area contributed by atoms with Crippen molar-refractivity contribution < 1.29 is 14.3 Å². The number of likely N-dealkylation sites (tertiary alicyclic amines) is 1. The van der Waals surface area contributed by atoms with Crippen molar-refractivity contribution in [2.75, 3.05) is 39.4 Å². The minimum atomic E-state index is -0.195. The van der Waals surface area contributed by atoms with Crippen LogP contribution in [0.4, 0.5) is 4.79 Å². The van der Waals surface area contributed by atoms with E-state index in [2.05, 4.69) is 36.5 Å². The zero-order valence-corrected chi connectivity index (χ0v) is 18.1. The van der Waals surface area contributed by atoms with Gasteiger partial charge in [-0.2, -0.15) is 0 Å². The number of ether oxygens (including phenoxy) is 1. The van der Waals surface area contributed by atoms with Gasteiger partial charge in [0.05, 0.1) is 19.1 Å². The molecule has 2 saturated heterocycles. The van der Waals surface area contributed by atoms with E-state index in [9.17, 15) is 9.59 Å². The first-order valence-corrected chi connectivity index (χ1v) is 11.1. The van der Waals surface area contributed by atoms with Crippen molar-refractivity contribution in [1.29, 1.82) is 0 Å². The molecule has 4 rings (SSSR count). The predicted octanol–water partition coefficient (Wildman–Crippen LogP) is 3.17. The molecule has 3 amide bonds. The molecule has 0 saturated carbocycles. The lowest BCUT2D eigenvalue weighted by Gasteiger charge is -2.40. The third-order valence-corrected chi connectivity index (χ3v) is 6.21. The van der Waals surface area contributed by atoms with Crippen molar-refractivity contribution in [2.24, 2.45) is 5.92 Å². The van der Waals surface area contributed by atoms with Crippen LogP contribution in [0, 0.1) is 12.8 Å². The molecule has 6 nitrogen and oxygen atoms in total. The lowest BCUT2D eigenvalue weighted by Crippen LogP contribution is -2.53. The number of piperidine rings is 1. The van der Waals surface area contributed by atoms with Crippen LogP contribution >= 0.6 is 0 Å². The zero-order valence-electron chi connectivity index (χ0n) is 18.1. The largest absolute Gasteiger partial charge is 0.378 e. The molecule has 2 aromatic carbocycles. The van der Waals surface area contributed by atoms with Gasteiger partial charge in [-0.1, -0.05) is 60.2 Å². The van der Waals surface area contributed by atoms with E-state index in [0.29, 0.717) is 45.9 Å². The maximum absolute atomic E-state index is 13.3. The summed E-state index contributed by atoms with van der Waals surface area (Å²) >= 11 is 0. The Morgan fingerprint density at radius 2 is 1.77 bits per heavy atom. The first-order valence-electron chi connectivity index (χ1n) is 11.1. The number of rotatable bonds is 4. The number of nitrogens with one attached hydrogen (secondary N) is 1. The van der Waals surface area contributed by atoms with Crippen LogP contribution in [-0.4, -0.2) is 61.1 Å². The summed E-state index contributed by atoms with van der Waals surface area (Å²) in [6.45, 7) is 6.06. The third-order valence-electron chi connectivity index (χ3n) is 6.21. The van der Waals surface area contributed by atoms with Crippen molar-refractivity contribution in [3.05, 3.63) is 71.3 Å². The van der Waals surface area contributed by atoms with Gasteiger partial charge in [0, 0.05) is 38.6 Å². The van der Waals surface area contributed by atoms with E-state index < -0.39 is 0 Å². The van der Waals surface area contributed by atoms with Gasteiger partial charge in [-0.3, -0.25) is 4.79 Å². The van der Waals surface area contributed by atoms with Gasteiger partial charge in [0.25, 0.3) is 0 Å². The maximum atomic E-state index is 13.3. The number of hydrogen-bond acceptors (Lipinski definition) is 3. The van der Waals surface area contributed by atoms with Crippen LogP contribution < -0.4 is 5.32 Å². The minimum Gasteiger partial charge on any atom is -0.378 e. The van der Waals surface area contributed by atoms with Crippen molar-refractivity contribution in [2.45, 2.75) is 25.8 Å². The van der Waals surface area contributed by atoms with Gasteiger partial charge in [-0.25, -0.2) is 4.79 Å². The normalized spacial score (nSPS) is 21.6. The van der Waals surface area contributed by atoms with Crippen LogP contribution in [0.25, 0.3) is 0 Å². The van der Waals surface area contributed by atoms with Crippen molar-refractivity contribution in [1.82, 2.24) is 15.1 Å². The van der Waals surface area contributed by atoms with Crippen molar-refractivity contribution >= 4 is 11.9 Å². The van der Waals surface area contributed by atoms with Gasteiger partial charge in [0.2, 0.25) is 5.91 Å². The molecule has 0 aliphatic carbocycles. The zero-order chi connectivity index (χ0) is 21.6. The van der Waals surface area contributed by atoms with E-state index in [1.165, 1.54) is 11.1 Å². The molecule has 0 bridgehead atoms. The molecule has 31 heavy (non-hydrogen) atoms. The molecule has 164 valence electrons. The predicted molar refractivity (Wildman–Crippen MR) is 120 cm³/mol. The molecule has 0 spiro atoms. The summed E-state index contributed by atoms with van der Waals surface area (Å²) in [4.78, 5) is 30.0. The van der Waals surface area contributed by atoms with Crippen LogP contribution in [0.15, 0.2) is 54.6 Å². The molecule has 1 N–H and O–H groups in total. The number of hydrogen-bond donors (Lipinski definition) is 1. The highest BCUT2D eigenvalue weighted by Gasteiger charge is 2.36. The van der Waals surface area contributed by atoms with E-state index in [1.54, 1.807) is 0 Å². The molecule has 6 heteroatoms. The second kappa shape index (κ2) is 9.96. The van der Waals surface area contributed by atoms with E-state index in [4.69, 9.17) is 4.74 Å². The SMILES string of the molecule is Cc1cccc(C2CC(C(=O)N3CCOCC3)CN(C(=O)NCc3ccccc3)C2)c1. The monoisotopic (exact) mass is 421 g/mol. The molecule has 2 fully saturated rings. The fourth-order valence-corrected chi connectivity index (χ4v) is 4.54. The Morgan fingerprint density at radius 1 is 1.00 bits per heavy atom. The Hall–Kier alpha value is -2.86. The van der Waals surface area contributed by atoms with Crippen LogP contribution in [0.2, 0.25) is 0 Å². The lowest BCUT2D eigenvalue weighted by molar-refractivity contribution is -0.141. The Labute approximate surface area is 184 Å². The van der Waals surface area contributed by atoms with Gasteiger partial charge < -0.3 is 19.9 Å². The van der Waals surface area contributed by atoms with Gasteiger partial charge in [0.15, 0.2) is 0 Å². The number of nitrogens with zero attached hydrogens (tertiary/aromatic N) is 2. The Morgan fingerprint density at radius 3 is 2.52 bits per heavy atom. The molecule has 2 aliphatic rings. The molecule has 2 aliphatic heterocycles. The van der Waals surface area contributed by atoms with Crippen molar-refractivity contribution in [3.63, 3.8) is 0 Å². The number of amides is 3. The number of benzene rings is 2. The summed E-state index contributed by atoms with van der Waals surface area (Å²) < 4.78 is 5.41. The Bertz CT molecular complexity index is 896. The second-order valence-corrected chi connectivity index (χ2v) is 8.53. The Balaban J connectivity index is 1.49. The lowest BCUT2D eigenvalue weighted by atomic mass is 9.83. The first kappa shape index (κ1) is 21.4. The molecule has 0 radical (unpaired) electrons. The van der Waals surface area contributed by atoms with Crippen LogP contribution in [0.3, 0.4) is 0 Å². The molecule has 2 aromatic rings. The molecular weight excluding hydrogens is 390 g/mol. The van der Waals surface area contributed by atoms with Crippen LogP contribution in [0.5, 0.6) is 0 Å². The van der Waals surface area contributed by atoms with Crippen molar-refractivity contribution in [3.8, 4) is 0 Å². The minimum absolute atomic E-state index is 0.110. The number of morpholine rings is 1. The average molecular weight is 422 g/mol. The quantitative estimate of drug-likeness (QED) is 0.825. The summed E-state index contributed by atoms with van der Waals surface area (Å²) in [5.74, 6) is 0.0902. The molecule has 2 unspecified atom stereocenters. The maximum Gasteiger partial charge on any atom is 0.317 e. The van der Waals surface area contributed by atoms with Crippen LogP contribution in [0.1, 0.15) is 29.0 Å². The third kappa shape index (κ3) is 5.44. The molecule has 2 atom stereocenters. The number of carbonyl (C=O) groups is 2. The highest BCUT2D eigenvalue weighted by Crippen LogP contribution is 2.32. The van der Waals surface area contributed by atoms with Gasteiger partial charge in [-0.05, 0) is 24.5 Å². The van der Waals surface area contributed by atoms with Gasteiger partial charge in [0.1, 0.15) is 0 Å². The summed E-state index contributed by atoms with van der Waals surface area (Å²) in [7, 11) is 0. The fraction of sp³-hybridized carbons (Fsp3) is 0.440. The smallest absolute Gasteiger partial charge is 0.317 e. The molecule has 0 aromatic heterocycles. The number of carbonyl (C=O) groups excluding carboxylic acids is 2. The van der Waals surface area contributed by atoms with Gasteiger partial charge in [-0.15, -0.1) is 0 Å². The topological polar surface area (TPSA) is 61.9 Å². The summed E-state index contributed by atoms with van der Waals surface area (Å²) in [5, 5.41) is 3.03. The Kier molecular flexibility index (Phi) is 6.87. The molecule has 2 heterocycles. The summed E-state index contributed by atoms with van der Waals surface area (Å²) in [5.41, 5.74) is 3.45. The highest BCUT2D eigenvalue weighted by atomic mass is 16.5. The highest BCUT2D eigenvalue weighted by molar-refractivity contribution is 5.81. The van der Waals surface area contributed by atoms with E-state index in [1.807, 2.05) is 40.1 Å². The van der Waals surface area contributed by atoms with Gasteiger partial charge >= 0.3 is 6.03 Å². The summed E-state index contributed by atoms with van der Waals surface area (Å²) in [6, 6.07) is 18.2. The second-order valence-electron chi connectivity index (χ2n) is 8.53. The first-order chi connectivity index (χ1) is 15.1. The number of aryl methyl sites for hydroxylation is 1.